The van der Waals surface area contributed by atoms with Crippen LogP contribution in [0.3, 0.4) is 0 Å². The third kappa shape index (κ3) is 6.12. The number of aryl methyl sites for hydroxylation is 1. The molecule has 1 aromatic heterocycles. The number of amides is 1. The van der Waals surface area contributed by atoms with E-state index in [1.165, 1.54) is 0 Å². The minimum absolute atomic E-state index is 0.471. The Balaban J connectivity index is 0.000000921. The summed E-state index contributed by atoms with van der Waals surface area (Å²) in [7, 11) is 1.93. The minimum Gasteiger partial charge on any atom is -0.444 e. The van der Waals surface area contributed by atoms with Crippen molar-refractivity contribution >= 4 is 22.6 Å². The Morgan fingerprint density at radius 2 is 1.61 bits per heavy atom. The maximum Gasteiger partial charge on any atom is 0.412 e. The van der Waals surface area contributed by atoms with Crippen LogP contribution in [0.1, 0.15) is 48.5 Å². The van der Waals surface area contributed by atoms with E-state index in [0.717, 1.165) is 22.0 Å². The molecule has 28 heavy (non-hydrogen) atoms. The second kappa shape index (κ2) is 10.5. The molecule has 0 unspecified atom stereocenters. The monoisotopic (exact) mass is 383 g/mol. The number of rotatable bonds is 2. The first-order valence-corrected chi connectivity index (χ1v) is 9.83. The summed E-state index contributed by atoms with van der Waals surface area (Å²) in [6.45, 7) is 13.5. The van der Waals surface area contributed by atoms with Crippen molar-refractivity contribution < 1.29 is 9.53 Å². The topological polar surface area (TPSA) is 56.2 Å². The van der Waals surface area contributed by atoms with Crippen LogP contribution in [0.5, 0.6) is 0 Å². The number of nitrogens with one attached hydrogen (secondary N) is 1. The zero-order valence-corrected chi connectivity index (χ0v) is 18.3. The quantitative estimate of drug-likeness (QED) is 0.539. The van der Waals surface area contributed by atoms with Gasteiger partial charge in [-0.1, -0.05) is 52.0 Å². The SMILES string of the molecule is CC.CC.Cn1cncc1-c1cc2ccccc2cc1NC(=O)OC(C)(C)C. The lowest BCUT2D eigenvalue weighted by Gasteiger charge is -2.21. The van der Waals surface area contributed by atoms with Gasteiger partial charge in [0, 0.05) is 12.6 Å². The number of anilines is 1. The van der Waals surface area contributed by atoms with Crippen LogP contribution in [0.4, 0.5) is 10.5 Å². The molecule has 5 heteroatoms. The third-order valence-corrected chi connectivity index (χ3v) is 3.61. The van der Waals surface area contributed by atoms with Gasteiger partial charge in [0.25, 0.3) is 0 Å². The van der Waals surface area contributed by atoms with E-state index in [-0.39, 0.29) is 0 Å². The molecule has 2 aromatic carbocycles. The van der Waals surface area contributed by atoms with E-state index in [1.807, 2.05) is 90.4 Å². The second-order valence-electron chi connectivity index (χ2n) is 6.76. The van der Waals surface area contributed by atoms with Crippen molar-refractivity contribution in [1.82, 2.24) is 9.55 Å². The summed E-state index contributed by atoms with van der Waals surface area (Å²) >= 11 is 0. The summed E-state index contributed by atoms with van der Waals surface area (Å²) < 4.78 is 7.30. The van der Waals surface area contributed by atoms with Gasteiger partial charge in [0.1, 0.15) is 5.60 Å². The number of benzene rings is 2. The molecule has 0 aliphatic carbocycles. The fraction of sp³-hybridized carbons (Fsp3) is 0.391. The van der Waals surface area contributed by atoms with Crippen LogP contribution >= 0.6 is 0 Å². The number of carbonyl (C=O) groups excluding carboxylic acids is 1. The molecule has 0 spiro atoms. The van der Waals surface area contributed by atoms with Gasteiger partial charge in [0.05, 0.1) is 23.9 Å². The van der Waals surface area contributed by atoms with Crippen LogP contribution in [-0.4, -0.2) is 21.2 Å². The van der Waals surface area contributed by atoms with Crippen LogP contribution in [0.2, 0.25) is 0 Å². The van der Waals surface area contributed by atoms with E-state index < -0.39 is 11.7 Å². The van der Waals surface area contributed by atoms with Gasteiger partial charge in [0.2, 0.25) is 0 Å². The van der Waals surface area contributed by atoms with Gasteiger partial charge in [-0.05, 0) is 43.7 Å². The Morgan fingerprint density at radius 1 is 1.04 bits per heavy atom. The van der Waals surface area contributed by atoms with Crippen molar-refractivity contribution in [2.45, 2.75) is 54.1 Å². The number of carbonyl (C=O) groups is 1. The number of imidazole rings is 1. The summed E-state index contributed by atoms with van der Waals surface area (Å²) in [6.07, 6.45) is 3.05. The highest BCUT2D eigenvalue weighted by Gasteiger charge is 2.18. The van der Waals surface area contributed by atoms with Crippen LogP contribution < -0.4 is 5.32 Å². The zero-order valence-electron chi connectivity index (χ0n) is 18.3. The van der Waals surface area contributed by atoms with E-state index in [0.29, 0.717) is 5.69 Å². The molecule has 0 bridgehead atoms. The van der Waals surface area contributed by atoms with Crippen LogP contribution in [0.25, 0.3) is 22.0 Å². The third-order valence-electron chi connectivity index (χ3n) is 3.61. The highest BCUT2D eigenvalue weighted by molar-refractivity contribution is 5.98. The molecule has 0 atom stereocenters. The normalized spacial score (nSPS) is 10.3. The predicted octanol–water partition coefficient (Wildman–Crippen LogP) is 6.64. The molecular weight excluding hydrogens is 350 g/mol. The van der Waals surface area contributed by atoms with E-state index in [4.69, 9.17) is 4.74 Å². The molecule has 0 radical (unpaired) electrons. The van der Waals surface area contributed by atoms with E-state index >= 15 is 0 Å². The van der Waals surface area contributed by atoms with Crippen LogP contribution in [-0.2, 0) is 11.8 Å². The molecule has 0 aliphatic rings. The summed E-state index contributed by atoms with van der Waals surface area (Å²) in [5, 5.41) is 5.02. The van der Waals surface area contributed by atoms with Gasteiger partial charge < -0.3 is 9.30 Å². The van der Waals surface area contributed by atoms with Crippen molar-refractivity contribution in [3.05, 3.63) is 48.9 Å². The maximum atomic E-state index is 12.2. The molecule has 0 saturated heterocycles. The van der Waals surface area contributed by atoms with Crippen LogP contribution in [0, 0.1) is 0 Å². The molecule has 1 N–H and O–H groups in total. The van der Waals surface area contributed by atoms with E-state index in [9.17, 15) is 4.79 Å². The number of fused-ring (bicyclic) bond motifs is 1. The number of ether oxygens (including phenoxy) is 1. The van der Waals surface area contributed by atoms with Crippen molar-refractivity contribution in [2.24, 2.45) is 7.05 Å². The van der Waals surface area contributed by atoms with E-state index in [1.54, 1.807) is 12.5 Å². The summed E-state index contributed by atoms with van der Waals surface area (Å²) in [5.74, 6) is 0. The largest absolute Gasteiger partial charge is 0.444 e. The maximum absolute atomic E-state index is 12.2. The highest BCUT2D eigenvalue weighted by Crippen LogP contribution is 2.32. The molecular formula is C23H33N3O2. The Labute approximate surface area is 168 Å². The number of nitrogens with zero attached hydrogens (tertiary/aromatic N) is 2. The van der Waals surface area contributed by atoms with Gasteiger partial charge in [-0.25, -0.2) is 9.78 Å². The summed E-state index contributed by atoms with van der Waals surface area (Å²) in [6, 6.07) is 12.1. The fourth-order valence-corrected chi connectivity index (χ4v) is 2.59. The van der Waals surface area contributed by atoms with Crippen molar-refractivity contribution in [1.29, 1.82) is 0 Å². The number of hydrogen-bond acceptors (Lipinski definition) is 3. The molecule has 0 fully saturated rings. The average Bonchev–Trinajstić information content (AvgIpc) is 3.08. The van der Waals surface area contributed by atoms with Crippen molar-refractivity contribution in [3.8, 4) is 11.3 Å². The molecule has 152 valence electrons. The first-order chi connectivity index (χ1) is 13.3. The average molecular weight is 384 g/mol. The first-order valence-electron chi connectivity index (χ1n) is 9.83. The molecule has 5 nitrogen and oxygen atoms in total. The first kappa shape index (κ1) is 23.2. The lowest BCUT2D eigenvalue weighted by molar-refractivity contribution is 0.0636. The van der Waals surface area contributed by atoms with Gasteiger partial charge in [-0.2, -0.15) is 0 Å². The predicted molar refractivity (Wildman–Crippen MR) is 119 cm³/mol. The van der Waals surface area contributed by atoms with E-state index in [2.05, 4.69) is 16.4 Å². The smallest absolute Gasteiger partial charge is 0.412 e. The summed E-state index contributed by atoms with van der Waals surface area (Å²) in [4.78, 5) is 16.4. The van der Waals surface area contributed by atoms with Gasteiger partial charge >= 0.3 is 6.09 Å². The zero-order chi connectivity index (χ0) is 21.3. The number of aromatic nitrogens is 2. The lowest BCUT2D eigenvalue weighted by atomic mass is 10.0. The van der Waals surface area contributed by atoms with Crippen LogP contribution in [0.15, 0.2) is 48.9 Å². The molecule has 0 aliphatic heterocycles. The molecule has 0 saturated carbocycles. The Kier molecular flexibility index (Phi) is 8.71. The Hall–Kier alpha value is -2.82. The highest BCUT2D eigenvalue weighted by atomic mass is 16.6. The second-order valence-corrected chi connectivity index (χ2v) is 6.76. The molecule has 3 aromatic rings. The minimum atomic E-state index is -0.548. The van der Waals surface area contributed by atoms with Crippen molar-refractivity contribution in [3.63, 3.8) is 0 Å². The van der Waals surface area contributed by atoms with Gasteiger partial charge in [-0.15, -0.1) is 0 Å². The molecule has 1 amide bonds. The lowest BCUT2D eigenvalue weighted by Crippen LogP contribution is -2.27. The fourth-order valence-electron chi connectivity index (χ4n) is 2.59. The Bertz CT molecular complexity index is 892. The van der Waals surface area contributed by atoms with Crippen molar-refractivity contribution in [2.75, 3.05) is 5.32 Å². The standard InChI is InChI=1S/C19H21N3O2.2C2H6/c1-19(2,3)24-18(23)21-16-10-14-8-6-5-7-13(14)9-15(16)17-11-20-12-22(17)4;2*1-2/h5-12H,1-4H3,(H,21,23);2*1-2H3. The summed E-state index contributed by atoms with van der Waals surface area (Å²) in [5.41, 5.74) is 1.98. The molecule has 1 heterocycles. The Morgan fingerprint density at radius 3 is 2.11 bits per heavy atom. The number of hydrogen-bond donors (Lipinski definition) is 1. The molecule has 3 rings (SSSR count). The van der Waals surface area contributed by atoms with Gasteiger partial charge in [-0.3, -0.25) is 5.32 Å². The van der Waals surface area contributed by atoms with Gasteiger partial charge in [0.15, 0.2) is 0 Å².